The van der Waals surface area contributed by atoms with E-state index in [1.54, 1.807) is 6.07 Å². The van der Waals surface area contributed by atoms with Gasteiger partial charge in [-0.25, -0.2) is 0 Å². The van der Waals surface area contributed by atoms with Crippen LogP contribution >= 0.6 is 31.9 Å². The van der Waals surface area contributed by atoms with Crippen LogP contribution in [0.15, 0.2) is 62.3 Å². The molecule has 0 atom stereocenters. The van der Waals surface area contributed by atoms with Gasteiger partial charge >= 0.3 is 0 Å². The topological polar surface area (TPSA) is 48.0 Å². The highest BCUT2D eigenvalue weighted by atomic mass is 79.9. The van der Waals surface area contributed by atoms with E-state index in [4.69, 9.17) is 5.73 Å². The molecular weight excluding hydrogens is 384 g/mol. The number of nitrogens with zero attached hydrogens (tertiary/aromatic N) is 1. The van der Waals surface area contributed by atoms with Crippen LogP contribution in [0.1, 0.15) is 0 Å². The van der Waals surface area contributed by atoms with Crippen LogP contribution in [-0.2, 0) is 0 Å². The number of hydrogen-bond acceptors (Lipinski definition) is 2. The maximum atomic E-state index is 12.7. The first-order valence-corrected chi connectivity index (χ1v) is 7.53. The summed E-state index contributed by atoms with van der Waals surface area (Å²) in [4.78, 5) is 12.7. The van der Waals surface area contributed by atoms with Crippen molar-refractivity contribution in [3.8, 4) is 5.69 Å². The zero-order valence-electron chi connectivity index (χ0n) is 10.3. The molecule has 0 radical (unpaired) electrons. The molecule has 0 saturated heterocycles. The van der Waals surface area contributed by atoms with E-state index < -0.39 is 0 Å². The lowest BCUT2D eigenvalue weighted by Crippen LogP contribution is -2.22. The largest absolute Gasteiger partial charge is 0.385 e. The van der Waals surface area contributed by atoms with Crippen molar-refractivity contribution in [1.29, 1.82) is 0 Å². The zero-order chi connectivity index (χ0) is 14.3. The summed E-state index contributed by atoms with van der Waals surface area (Å²) in [5.74, 6) is 0.404. The Morgan fingerprint density at radius 3 is 2.30 bits per heavy atom. The summed E-state index contributed by atoms with van der Waals surface area (Å²) in [5, 5.41) is 1.48. The summed E-state index contributed by atoms with van der Waals surface area (Å²) in [5.41, 5.74) is 6.66. The molecule has 0 amide bonds. The minimum absolute atomic E-state index is 0.131. The van der Waals surface area contributed by atoms with E-state index in [0.717, 1.165) is 14.3 Å². The Labute approximate surface area is 132 Å². The summed E-state index contributed by atoms with van der Waals surface area (Å²) in [6.45, 7) is 0. The molecule has 0 saturated carbocycles. The first-order valence-electron chi connectivity index (χ1n) is 5.94. The number of pyridine rings is 1. The van der Waals surface area contributed by atoms with Gasteiger partial charge in [-0.3, -0.25) is 9.36 Å². The number of para-hydroxylation sites is 1. The molecule has 3 rings (SSSR count). The summed E-state index contributed by atoms with van der Waals surface area (Å²) in [6.07, 6.45) is 0. The standard InChI is InChI=1S/C15H10Br2N2O/c16-11-6-3-7-12(17)14(11)19-13(18)8-9-4-1-2-5-10(9)15(19)20/h1-8H,18H2. The summed E-state index contributed by atoms with van der Waals surface area (Å²) in [7, 11) is 0. The van der Waals surface area contributed by atoms with Crippen LogP contribution in [0.2, 0.25) is 0 Å². The fraction of sp³-hybridized carbons (Fsp3) is 0. The highest BCUT2D eigenvalue weighted by molar-refractivity contribution is 9.11. The second-order valence-electron chi connectivity index (χ2n) is 4.37. The van der Waals surface area contributed by atoms with E-state index >= 15 is 0 Å². The quantitative estimate of drug-likeness (QED) is 0.676. The van der Waals surface area contributed by atoms with Crippen molar-refractivity contribution in [3.05, 3.63) is 67.8 Å². The average Bonchev–Trinajstić information content (AvgIpc) is 2.42. The van der Waals surface area contributed by atoms with E-state index in [-0.39, 0.29) is 5.56 Å². The molecular formula is C15H10Br2N2O. The molecule has 0 bridgehead atoms. The van der Waals surface area contributed by atoms with Gasteiger partial charge in [0, 0.05) is 14.3 Å². The SMILES string of the molecule is Nc1cc2ccccc2c(=O)n1-c1c(Br)cccc1Br. The number of hydrogen-bond donors (Lipinski definition) is 1. The lowest BCUT2D eigenvalue weighted by Gasteiger charge is -2.14. The number of nitrogen functional groups attached to an aromatic ring is 1. The predicted octanol–water partition coefficient (Wildman–Crippen LogP) is 4.10. The van der Waals surface area contributed by atoms with Crippen LogP contribution < -0.4 is 11.3 Å². The molecule has 0 unspecified atom stereocenters. The van der Waals surface area contributed by atoms with Gasteiger partial charge in [-0.1, -0.05) is 24.3 Å². The maximum absolute atomic E-state index is 12.7. The Morgan fingerprint density at radius 1 is 0.950 bits per heavy atom. The molecule has 3 nitrogen and oxygen atoms in total. The van der Waals surface area contributed by atoms with Crippen molar-refractivity contribution in [2.24, 2.45) is 0 Å². The predicted molar refractivity (Wildman–Crippen MR) is 89.4 cm³/mol. The molecule has 0 aliphatic heterocycles. The third-order valence-corrected chi connectivity index (χ3v) is 4.40. The fourth-order valence-corrected chi connectivity index (χ4v) is 3.57. The van der Waals surface area contributed by atoms with E-state index in [1.807, 2.05) is 42.5 Å². The smallest absolute Gasteiger partial charge is 0.264 e. The molecule has 0 spiro atoms. The van der Waals surface area contributed by atoms with Gasteiger partial charge < -0.3 is 5.73 Å². The van der Waals surface area contributed by atoms with Crippen molar-refractivity contribution in [3.63, 3.8) is 0 Å². The lowest BCUT2D eigenvalue weighted by atomic mass is 10.1. The van der Waals surface area contributed by atoms with E-state index in [9.17, 15) is 4.79 Å². The molecule has 1 heterocycles. The first-order chi connectivity index (χ1) is 9.59. The minimum atomic E-state index is -0.131. The van der Waals surface area contributed by atoms with E-state index in [1.165, 1.54) is 4.57 Å². The Bertz CT molecular complexity index is 851. The van der Waals surface area contributed by atoms with Crippen molar-refractivity contribution in [1.82, 2.24) is 4.57 Å². The fourth-order valence-electron chi connectivity index (χ4n) is 2.21. The van der Waals surface area contributed by atoms with Gasteiger partial charge in [0.25, 0.3) is 5.56 Å². The van der Waals surface area contributed by atoms with Gasteiger partial charge in [-0.05, 0) is 61.5 Å². The van der Waals surface area contributed by atoms with Crippen molar-refractivity contribution in [2.75, 3.05) is 5.73 Å². The zero-order valence-corrected chi connectivity index (χ0v) is 13.5. The number of halogens is 2. The number of aromatic nitrogens is 1. The van der Waals surface area contributed by atoms with Gasteiger partial charge in [-0.15, -0.1) is 0 Å². The van der Waals surface area contributed by atoms with Gasteiger partial charge in [0.2, 0.25) is 0 Å². The maximum Gasteiger partial charge on any atom is 0.264 e. The Kier molecular flexibility index (Phi) is 3.40. The van der Waals surface area contributed by atoms with Crippen molar-refractivity contribution < 1.29 is 0 Å². The lowest BCUT2D eigenvalue weighted by molar-refractivity contribution is 1.01. The third kappa shape index (κ3) is 2.07. The summed E-state index contributed by atoms with van der Waals surface area (Å²) in [6, 6.07) is 14.9. The second-order valence-corrected chi connectivity index (χ2v) is 6.08. The molecule has 0 fully saturated rings. The van der Waals surface area contributed by atoms with Crippen LogP contribution in [0.25, 0.3) is 16.5 Å². The average molecular weight is 394 g/mol. The molecule has 2 aromatic carbocycles. The summed E-state index contributed by atoms with van der Waals surface area (Å²) >= 11 is 6.94. The van der Waals surface area contributed by atoms with Gasteiger partial charge in [0.05, 0.1) is 5.69 Å². The van der Waals surface area contributed by atoms with Crippen molar-refractivity contribution in [2.45, 2.75) is 0 Å². The van der Waals surface area contributed by atoms with Gasteiger partial charge in [0.15, 0.2) is 0 Å². The third-order valence-electron chi connectivity index (χ3n) is 3.12. The van der Waals surface area contributed by atoms with Crippen LogP contribution in [0.4, 0.5) is 5.82 Å². The normalized spacial score (nSPS) is 10.9. The van der Waals surface area contributed by atoms with E-state index in [0.29, 0.717) is 16.9 Å². The second kappa shape index (κ2) is 5.07. The number of rotatable bonds is 1. The number of anilines is 1. The number of fused-ring (bicyclic) bond motifs is 1. The molecule has 100 valence electrons. The molecule has 2 N–H and O–H groups in total. The molecule has 0 aliphatic rings. The highest BCUT2D eigenvalue weighted by Crippen LogP contribution is 2.30. The van der Waals surface area contributed by atoms with Crippen LogP contribution in [-0.4, -0.2) is 4.57 Å². The molecule has 1 aromatic heterocycles. The van der Waals surface area contributed by atoms with Crippen LogP contribution in [0, 0.1) is 0 Å². The molecule has 20 heavy (non-hydrogen) atoms. The van der Waals surface area contributed by atoms with Gasteiger partial charge in [-0.2, -0.15) is 0 Å². The summed E-state index contributed by atoms with van der Waals surface area (Å²) < 4.78 is 3.11. The molecule has 5 heteroatoms. The Balaban J connectivity index is 2.46. The first kappa shape index (κ1) is 13.4. The van der Waals surface area contributed by atoms with Crippen LogP contribution in [0.3, 0.4) is 0 Å². The Hall–Kier alpha value is -1.59. The van der Waals surface area contributed by atoms with Crippen LogP contribution in [0.5, 0.6) is 0 Å². The monoisotopic (exact) mass is 392 g/mol. The molecule has 0 aliphatic carbocycles. The van der Waals surface area contributed by atoms with Gasteiger partial charge in [0.1, 0.15) is 5.82 Å². The number of nitrogens with two attached hydrogens (primary N) is 1. The minimum Gasteiger partial charge on any atom is -0.385 e. The highest BCUT2D eigenvalue weighted by Gasteiger charge is 2.13. The molecule has 3 aromatic rings. The van der Waals surface area contributed by atoms with Crippen molar-refractivity contribution >= 4 is 48.5 Å². The van der Waals surface area contributed by atoms with E-state index in [2.05, 4.69) is 31.9 Å². The number of benzene rings is 2. The Morgan fingerprint density at radius 2 is 1.60 bits per heavy atom.